The predicted octanol–water partition coefficient (Wildman–Crippen LogP) is 6.82. The third-order valence-electron chi connectivity index (χ3n) is 6.95. The van der Waals surface area contributed by atoms with Crippen molar-refractivity contribution in [1.82, 2.24) is 19.9 Å². The van der Waals surface area contributed by atoms with Gasteiger partial charge in [0.1, 0.15) is 11.4 Å². The largest absolute Gasteiger partial charge is 0.872 e. The third-order valence-corrected chi connectivity index (χ3v) is 6.95. The summed E-state index contributed by atoms with van der Waals surface area (Å²) >= 11 is 0. The first kappa shape index (κ1) is 36.6. The quantitative estimate of drug-likeness (QED) is 0.0960. The molecule has 0 saturated heterocycles. The molecule has 4 heterocycles. The van der Waals surface area contributed by atoms with E-state index < -0.39 is 11.9 Å². The maximum Gasteiger partial charge on any atom is 0.339 e. The van der Waals surface area contributed by atoms with Crippen LogP contribution in [-0.2, 0) is 26.0 Å². The Hall–Kier alpha value is -6.21. The van der Waals surface area contributed by atoms with Crippen molar-refractivity contribution in [2.24, 2.45) is 20.5 Å². The smallest absolute Gasteiger partial charge is 0.339 e. The van der Waals surface area contributed by atoms with E-state index >= 15 is 0 Å². The van der Waals surface area contributed by atoms with Crippen LogP contribution < -0.4 is 10.2 Å². The van der Waals surface area contributed by atoms with Crippen LogP contribution in [-0.4, -0.2) is 45.6 Å². The van der Waals surface area contributed by atoms with Crippen molar-refractivity contribution < 1.29 is 45.8 Å². The molecule has 50 heavy (non-hydrogen) atoms. The Kier molecular flexibility index (Phi) is 12.3. The number of hydrogen-bond acceptors (Lipinski definition) is 14. The van der Waals surface area contributed by atoms with E-state index in [0.717, 1.165) is 0 Å². The topological polar surface area (TPSA) is 200 Å². The molecule has 0 atom stereocenters. The Morgan fingerprint density at radius 3 is 1.54 bits per heavy atom. The first-order chi connectivity index (χ1) is 23.7. The summed E-state index contributed by atoms with van der Waals surface area (Å²) in [6.45, 7) is 5.32. The minimum absolute atomic E-state index is 0. The van der Waals surface area contributed by atoms with Crippen LogP contribution in [0.5, 0.6) is 11.5 Å². The molecular formula is C35H28N8NiO6-2. The van der Waals surface area contributed by atoms with E-state index in [1.165, 1.54) is 31.4 Å². The predicted molar refractivity (Wildman–Crippen MR) is 176 cm³/mol. The van der Waals surface area contributed by atoms with Crippen molar-refractivity contribution in [2.75, 3.05) is 13.7 Å². The maximum absolute atomic E-state index is 12.2. The standard InChI is InChI=1S/C18H16N4O3.C17H14N4O3.Ni/c1-3-25-18(24)12-10-13-15(23)8-7-14(17(13)20-11(12)2)21-22-16-6-4-5-9-19-16;1-10-11(17(23)24-2)9-12-14(22)7-6-13(16(12)19-10)20-21-15-5-3-4-8-18-15;/h4-10,23H,3H2,1-2H3;3-9,22H,1-2H3;/p-2. The number of benzene rings is 2. The number of azo groups is 2. The molecule has 256 valence electrons. The summed E-state index contributed by atoms with van der Waals surface area (Å²) in [6.07, 6.45) is 3.22. The molecule has 14 nitrogen and oxygen atoms in total. The number of aromatic nitrogens is 4. The van der Waals surface area contributed by atoms with E-state index in [0.29, 0.717) is 56.2 Å². The molecule has 0 aliphatic rings. The van der Waals surface area contributed by atoms with Crippen LogP contribution in [0.1, 0.15) is 39.0 Å². The van der Waals surface area contributed by atoms with Gasteiger partial charge in [0.15, 0.2) is 11.6 Å². The Morgan fingerprint density at radius 1 is 0.680 bits per heavy atom. The van der Waals surface area contributed by atoms with Crippen LogP contribution in [0.3, 0.4) is 0 Å². The number of pyridine rings is 4. The number of fused-ring (bicyclic) bond motifs is 2. The summed E-state index contributed by atoms with van der Waals surface area (Å²) in [4.78, 5) is 40.6. The van der Waals surface area contributed by atoms with Crippen molar-refractivity contribution in [3.05, 3.63) is 108 Å². The van der Waals surface area contributed by atoms with Gasteiger partial charge in [-0.1, -0.05) is 35.8 Å². The number of esters is 2. The normalized spacial score (nSPS) is 10.9. The summed E-state index contributed by atoms with van der Waals surface area (Å²) in [7, 11) is 1.28. The SMILES string of the molecule is CCOC(=O)c1cc2c([O-])ccc(N=Nc3ccccn3)c2nc1C.COC(=O)c1cc2c([O-])ccc(N=Nc3ccccn3)c2nc1C.[Ni]. The molecule has 0 aliphatic carbocycles. The summed E-state index contributed by atoms with van der Waals surface area (Å²) in [5, 5.41) is 41.2. The van der Waals surface area contributed by atoms with Crippen molar-refractivity contribution in [3.63, 3.8) is 0 Å². The van der Waals surface area contributed by atoms with Crippen LogP contribution >= 0.6 is 0 Å². The summed E-state index contributed by atoms with van der Waals surface area (Å²) in [5.74, 6) is -0.651. The van der Waals surface area contributed by atoms with Crippen molar-refractivity contribution in [3.8, 4) is 11.5 Å². The van der Waals surface area contributed by atoms with Crippen LogP contribution in [0.25, 0.3) is 21.8 Å². The zero-order valence-electron chi connectivity index (χ0n) is 27.1. The first-order valence-corrected chi connectivity index (χ1v) is 14.8. The number of aryl methyl sites for hydroxylation is 2. The van der Waals surface area contributed by atoms with Crippen LogP contribution in [0, 0.1) is 13.8 Å². The van der Waals surface area contributed by atoms with E-state index in [1.807, 2.05) is 0 Å². The number of nitrogens with zero attached hydrogens (tertiary/aromatic N) is 8. The van der Waals surface area contributed by atoms with E-state index in [4.69, 9.17) is 9.47 Å². The molecule has 0 spiro atoms. The fourth-order valence-corrected chi connectivity index (χ4v) is 4.55. The molecule has 0 N–H and O–H groups in total. The second-order valence-corrected chi connectivity index (χ2v) is 10.2. The van der Waals surface area contributed by atoms with Crippen molar-refractivity contribution in [1.29, 1.82) is 0 Å². The van der Waals surface area contributed by atoms with Gasteiger partial charge in [-0.3, -0.25) is 0 Å². The zero-order valence-corrected chi connectivity index (χ0v) is 28.1. The molecule has 0 amide bonds. The molecule has 2 aromatic carbocycles. The fourth-order valence-electron chi connectivity index (χ4n) is 4.55. The number of carbonyl (C=O) groups is 2. The van der Waals surface area contributed by atoms with Crippen molar-refractivity contribution in [2.45, 2.75) is 20.8 Å². The second-order valence-electron chi connectivity index (χ2n) is 10.2. The van der Waals surface area contributed by atoms with Gasteiger partial charge in [0.05, 0.1) is 47.3 Å². The van der Waals surface area contributed by atoms with Crippen LogP contribution in [0.2, 0.25) is 0 Å². The summed E-state index contributed by atoms with van der Waals surface area (Å²) in [5.41, 5.74) is 3.06. The number of rotatable bonds is 7. The Labute approximate surface area is 295 Å². The number of hydrogen-bond donors (Lipinski definition) is 0. The Balaban J connectivity index is 0.000000220. The van der Waals surface area contributed by atoms with Crippen LogP contribution in [0.15, 0.2) is 106 Å². The number of carbonyl (C=O) groups excluding carboxylic acids is 2. The molecule has 4 aromatic heterocycles. The number of methoxy groups -OCH3 is 1. The van der Waals surface area contributed by atoms with Gasteiger partial charge in [0, 0.05) is 28.9 Å². The number of ether oxygens (including phenoxy) is 2. The molecule has 0 aliphatic heterocycles. The summed E-state index contributed by atoms with van der Waals surface area (Å²) in [6, 6.07) is 19.4. The van der Waals surface area contributed by atoms with Gasteiger partial charge < -0.3 is 19.7 Å². The Morgan fingerprint density at radius 2 is 1.14 bits per heavy atom. The Bertz CT molecular complexity index is 2220. The van der Waals surface area contributed by atoms with Gasteiger partial charge >= 0.3 is 11.9 Å². The molecule has 0 unspecified atom stereocenters. The van der Waals surface area contributed by atoms with E-state index in [9.17, 15) is 19.8 Å². The molecule has 0 bridgehead atoms. The van der Waals surface area contributed by atoms with Gasteiger partial charge in [-0.25, -0.2) is 29.5 Å². The maximum atomic E-state index is 12.2. The molecule has 0 saturated carbocycles. The minimum atomic E-state index is -0.540. The van der Waals surface area contributed by atoms with E-state index in [1.54, 1.807) is 81.7 Å². The van der Waals surface area contributed by atoms with Crippen LogP contribution in [0.4, 0.5) is 23.0 Å². The first-order valence-electron chi connectivity index (χ1n) is 14.8. The average Bonchev–Trinajstić information content (AvgIpc) is 3.11. The van der Waals surface area contributed by atoms with Gasteiger partial charge in [0.2, 0.25) is 0 Å². The van der Waals surface area contributed by atoms with Gasteiger partial charge in [-0.2, -0.15) is 0 Å². The van der Waals surface area contributed by atoms with Gasteiger partial charge in [-0.05, 0) is 80.1 Å². The zero-order chi connectivity index (χ0) is 34.9. The third kappa shape index (κ3) is 8.44. The second kappa shape index (κ2) is 16.8. The molecule has 0 radical (unpaired) electrons. The minimum Gasteiger partial charge on any atom is -0.872 e. The fraction of sp³-hybridized carbons (Fsp3) is 0.143. The van der Waals surface area contributed by atoms with Crippen molar-refractivity contribution >= 4 is 56.8 Å². The molecule has 0 fully saturated rings. The van der Waals surface area contributed by atoms with E-state index in [2.05, 4.69) is 40.4 Å². The van der Waals surface area contributed by atoms with Gasteiger partial charge in [-0.15, -0.1) is 20.5 Å². The van der Waals surface area contributed by atoms with E-state index in [-0.39, 0.29) is 45.7 Å². The molecular weight excluding hydrogens is 687 g/mol. The van der Waals surface area contributed by atoms with Gasteiger partial charge in [0.25, 0.3) is 0 Å². The molecule has 15 heteroatoms. The monoisotopic (exact) mass is 714 g/mol. The molecule has 6 rings (SSSR count). The average molecular weight is 715 g/mol. The summed E-state index contributed by atoms with van der Waals surface area (Å²) < 4.78 is 9.71. The molecule has 6 aromatic rings.